The molecule has 0 saturated carbocycles. The summed E-state index contributed by atoms with van der Waals surface area (Å²) < 4.78 is 33.3. The Labute approximate surface area is 197 Å². The number of sulfonamides is 1. The Morgan fingerprint density at radius 2 is 1.79 bits per heavy atom. The highest BCUT2D eigenvalue weighted by atomic mass is 32.2. The fourth-order valence-electron chi connectivity index (χ4n) is 5.48. The molecule has 3 atom stereocenters. The van der Waals surface area contributed by atoms with Gasteiger partial charge in [-0.05, 0) is 67.6 Å². The summed E-state index contributed by atoms with van der Waals surface area (Å²) >= 11 is 0. The minimum absolute atomic E-state index is 0.199. The molecule has 2 aromatic rings. The number of morpholine rings is 1. The van der Waals surface area contributed by atoms with Crippen LogP contribution >= 0.6 is 0 Å². The van der Waals surface area contributed by atoms with Crippen LogP contribution < -0.4 is 10.2 Å². The van der Waals surface area contributed by atoms with Crippen LogP contribution in [0.2, 0.25) is 0 Å². The summed E-state index contributed by atoms with van der Waals surface area (Å²) in [6, 6.07) is 14.7. The van der Waals surface area contributed by atoms with Crippen molar-refractivity contribution in [2.45, 2.75) is 37.1 Å². The van der Waals surface area contributed by atoms with Crippen molar-refractivity contribution < 1.29 is 13.2 Å². The molecule has 1 N–H and O–H groups in total. The second-order valence-corrected chi connectivity index (χ2v) is 10.9. The molecule has 3 unspecified atom stereocenters. The largest absolute Gasteiger partial charge is 0.379 e. The Morgan fingerprint density at radius 3 is 2.48 bits per heavy atom. The number of allylic oxidation sites excluding steroid dienone is 2. The number of nitrogens with zero attached hydrogens (tertiary/aromatic N) is 2. The average Bonchev–Trinajstić information content (AvgIpc) is 3.35. The van der Waals surface area contributed by atoms with Gasteiger partial charge in [-0.25, -0.2) is 8.42 Å². The third kappa shape index (κ3) is 4.07. The monoisotopic (exact) mass is 467 g/mol. The molecule has 0 bridgehead atoms. The predicted molar refractivity (Wildman–Crippen MR) is 132 cm³/mol. The first kappa shape index (κ1) is 22.4. The molecule has 5 rings (SSSR count). The minimum Gasteiger partial charge on any atom is -0.379 e. The molecule has 6 nitrogen and oxygen atoms in total. The predicted octanol–water partition coefficient (Wildman–Crippen LogP) is 4.38. The lowest BCUT2D eigenvalue weighted by Gasteiger charge is -2.38. The van der Waals surface area contributed by atoms with Gasteiger partial charge in [0, 0.05) is 43.5 Å². The van der Waals surface area contributed by atoms with Gasteiger partial charge in [0.25, 0.3) is 0 Å². The molecule has 1 saturated heterocycles. The quantitative estimate of drug-likeness (QED) is 0.639. The van der Waals surface area contributed by atoms with E-state index in [9.17, 15) is 8.42 Å². The fraction of sp³-hybridized carbons (Fsp3) is 0.462. The second kappa shape index (κ2) is 9.12. The minimum atomic E-state index is -3.51. The van der Waals surface area contributed by atoms with E-state index in [-0.39, 0.29) is 12.0 Å². The lowest BCUT2D eigenvalue weighted by Crippen LogP contribution is -2.40. The summed E-state index contributed by atoms with van der Waals surface area (Å²) in [6.45, 7) is 8.08. The van der Waals surface area contributed by atoms with Gasteiger partial charge in [0.05, 0.1) is 24.2 Å². The van der Waals surface area contributed by atoms with E-state index >= 15 is 0 Å². The van der Waals surface area contributed by atoms with Crippen molar-refractivity contribution in [3.8, 4) is 0 Å². The van der Waals surface area contributed by atoms with E-state index in [0.29, 0.717) is 37.1 Å². The molecule has 1 aliphatic carbocycles. The first-order valence-corrected chi connectivity index (χ1v) is 13.5. The lowest BCUT2D eigenvalue weighted by molar-refractivity contribution is 0.0730. The van der Waals surface area contributed by atoms with Crippen molar-refractivity contribution in [3.05, 3.63) is 65.7 Å². The third-order valence-electron chi connectivity index (χ3n) is 7.32. The summed E-state index contributed by atoms with van der Waals surface area (Å²) in [7, 11) is -3.51. The van der Waals surface area contributed by atoms with Crippen LogP contribution in [0.1, 0.15) is 43.4 Å². The second-order valence-electron chi connectivity index (χ2n) is 9.00. The van der Waals surface area contributed by atoms with Gasteiger partial charge in [0.15, 0.2) is 0 Å². The molecule has 176 valence electrons. The molecule has 0 spiro atoms. The number of benzene rings is 2. The standard InChI is InChI=1S/C26H33N3O3S/c1-3-28(4-2)20-10-8-19(9-11-20)26-23-7-5-6-22(23)24-18-21(12-13-25(24)27-26)33(30,31)29-14-16-32-17-15-29/h5-6,8-13,18,22-23,26-27H,3-4,7,14-17H2,1-2H3. The van der Waals surface area contributed by atoms with Gasteiger partial charge in [-0.2, -0.15) is 4.31 Å². The van der Waals surface area contributed by atoms with Crippen LogP contribution in [0.15, 0.2) is 59.5 Å². The molecule has 0 radical (unpaired) electrons. The molecule has 0 aromatic heterocycles. The summed E-state index contributed by atoms with van der Waals surface area (Å²) in [6.07, 6.45) is 5.49. The molecule has 33 heavy (non-hydrogen) atoms. The van der Waals surface area contributed by atoms with Crippen molar-refractivity contribution in [2.75, 3.05) is 49.6 Å². The maximum Gasteiger partial charge on any atom is 0.243 e. The van der Waals surface area contributed by atoms with Crippen LogP contribution in [0.25, 0.3) is 0 Å². The van der Waals surface area contributed by atoms with Crippen LogP contribution in [0, 0.1) is 5.92 Å². The maximum atomic E-state index is 13.2. The maximum absolute atomic E-state index is 13.2. The molecule has 7 heteroatoms. The van der Waals surface area contributed by atoms with Crippen molar-refractivity contribution in [1.82, 2.24) is 4.31 Å². The normalized spacial score (nSPS) is 24.7. The highest BCUT2D eigenvalue weighted by Gasteiger charge is 2.39. The zero-order chi connectivity index (χ0) is 23.0. The van der Waals surface area contributed by atoms with E-state index in [0.717, 1.165) is 30.8 Å². The number of hydrogen-bond acceptors (Lipinski definition) is 5. The van der Waals surface area contributed by atoms with Crippen molar-refractivity contribution in [2.24, 2.45) is 5.92 Å². The summed E-state index contributed by atoms with van der Waals surface area (Å²) in [4.78, 5) is 2.73. The van der Waals surface area contributed by atoms with Gasteiger partial charge in [-0.3, -0.25) is 0 Å². The topological polar surface area (TPSA) is 61.9 Å². The van der Waals surface area contributed by atoms with Crippen LogP contribution in [-0.2, 0) is 14.8 Å². The Morgan fingerprint density at radius 1 is 1.06 bits per heavy atom. The van der Waals surface area contributed by atoms with Gasteiger partial charge < -0.3 is 15.0 Å². The molecular weight excluding hydrogens is 434 g/mol. The first-order valence-electron chi connectivity index (χ1n) is 12.0. The van der Waals surface area contributed by atoms with Crippen molar-refractivity contribution in [3.63, 3.8) is 0 Å². The van der Waals surface area contributed by atoms with Gasteiger partial charge >= 0.3 is 0 Å². The van der Waals surface area contributed by atoms with Gasteiger partial charge in [-0.1, -0.05) is 24.3 Å². The number of hydrogen-bond donors (Lipinski definition) is 1. The number of nitrogens with one attached hydrogen (secondary N) is 1. The molecule has 2 aliphatic heterocycles. The van der Waals surface area contributed by atoms with Crippen LogP contribution in [0.3, 0.4) is 0 Å². The van der Waals surface area contributed by atoms with E-state index < -0.39 is 10.0 Å². The smallest absolute Gasteiger partial charge is 0.243 e. The van der Waals surface area contributed by atoms with Crippen LogP contribution in [0.5, 0.6) is 0 Å². The summed E-state index contributed by atoms with van der Waals surface area (Å²) in [5.41, 5.74) is 4.64. The Kier molecular flexibility index (Phi) is 6.20. The average molecular weight is 468 g/mol. The Hall–Kier alpha value is -2.35. The van der Waals surface area contributed by atoms with E-state index in [2.05, 4.69) is 60.5 Å². The SMILES string of the molecule is CCN(CC)c1ccc(C2Nc3ccc(S(=O)(=O)N4CCOCC4)cc3C3C=CCC32)cc1. The van der Waals surface area contributed by atoms with Gasteiger partial charge in [0.1, 0.15) is 0 Å². The molecule has 2 heterocycles. The van der Waals surface area contributed by atoms with E-state index in [1.807, 2.05) is 12.1 Å². The van der Waals surface area contributed by atoms with E-state index in [4.69, 9.17) is 4.74 Å². The Balaban J connectivity index is 1.44. The number of ether oxygens (including phenoxy) is 1. The molecule has 2 aromatic carbocycles. The molecular formula is C26H33N3O3S. The van der Waals surface area contributed by atoms with E-state index in [1.165, 1.54) is 15.6 Å². The lowest BCUT2D eigenvalue weighted by atomic mass is 9.77. The molecule has 3 aliphatic rings. The Bertz CT molecular complexity index is 1120. The van der Waals surface area contributed by atoms with Gasteiger partial charge in [0.2, 0.25) is 10.0 Å². The molecule has 1 fully saturated rings. The highest BCUT2D eigenvalue weighted by Crippen LogP contribution is 2.50. The van der Waals surface area contributed by atoms with Crippen LogP contribution in [-0.4, -0.2) is 52.1 Å². The third-order valence-corrected chi connectivity index (χ3v) is 9.22. The zero-order valence-corrected chi connectivity index (χ0v) is 20.2. The zero-order valence-electron chi connectivity index (χ0n) is 19.4. The number of fused-ring (bicyclic) bond motifs is 3. The first-order chi connectivity index (χ1) is 16.0. The number of anilines is 2. The van der Waals surface area contributed by atoms with Crippen molar-refractivity contribution >= 4 is 21.4 Å². The molecule has 0 amide bonds. The van der Waals surface area contributed by atoms with Gasteiger partial charge in [-0.15, -0.1) is 0 Å². The number of rotatable bonds is 6. The fourth-order valence-corrected chi connectivity index (χ4v) is 6.92. The van der Waals surface area contributed by atoms with E-state index in [1.54, 1.807) is 6.07 Å². The summed E-state index contributed by atoms with van der Waals surface area (Å²) in [5.74, 6) is 0.590. The van der Waals surface area contributed by atoms with Crippen molar-refractivity contribution in [1.29, 1.82) is 0 Å². The van der Waals surface area contributed by atoms with Crippen LogP contribution in [0.4, 0.5) is 11.4 Å². The highest BCUT2D eigenvalue weighted by molar-refractivity contribution is 7.89. The summed E-state index contributed by atoms with van der Waals surface area (Å²) in [5, 5.41) is 3.74.